The van der Waals surface area contributed by atoms with Crippen molar-refractivity contribution in [3.8, 4) is 0 Å². The highest BCUT2D eigenvalue weighted by Gasteiger charge is 2.00. The van der Waals surface area contributed by atoms with E-state index in [2.05, 4.69) is 6.92 Å². The van der Waals surface area contributed by atoms with Gasteiger partial charge in [0, 0.05) is 5.75 Å². The van der Waals surface area contributed by atoms with E-state index in [0.29, 0.717) is 5.75 Å². The van der Waals surface area contributed by atoms with Crippen LogP contribution in [-0.4, -0.2) is 16.1 Å². The van der Waals surface area contributed by atoms with E-state index in [1.54, 1.807) is 0 Å². The summed E-state index contributed by atoms with van der Waals surface area (Å²) in [6.45, 7) is 5.86. The van der Waals surface area contributed by atoms with Gasteiger partial charge >= 0.3 is 0 Å². The average Bonchev–Trinajstić information content (AvgIpc) is 1.82. The molecule has 0 aromatic carbocycles. The standard InChI is InChI=1S/C7H16O2S/c1-4-5-6-10(8)9-7(2)3/h7H,4-6H2,1-3H3. The number of unbranched alkanes of at least 4 members (excludes halogenated alkanes) is 1. The van der Waals surface area contributed by atoms with E-state index >= 15 is 0 Å². The zero-order chi connectivity index (χ0) is 7.98. The van der Waals surface area contributed by atoms with Crippen molar-refractivity contribution in [1.82, 2.24) is 0 Å². The summed E-state index contributed by atoms with van der Waals surface area (Å²) in [6, 6.07) is 0. The van der Waals surface area contributed by atoms with Crippen LogP contribution in [0.5, 0.6) is 0 Å². The second-order valence-corrected chi connectivity index (χ2v) is 3.71. The van der Waals surface area contributed by atoms with Gasteiger partial charge in [-0.1, -0.05) is 13.3 Å². The molecule has 0 aromatic rings. The predicted molar refractivity (Wildman–Crippen MR) is 44.1 cm³/mol. The minimum absolute atomic E-state index is 0.0812. The van der Waals surface area contributed by atoms with Crippen LogP contribution in [0.4, 0.5) is 0 Å². The van der Waals surface area contributed by atoms with E-state index in [1.807, 2.05) is 13.8 Å². The van der Waals surface area contributed by atoms with E-state index in [1.165, 1.54) is 0 Å². The van der Waals surface area contributed by atoms with Gasteiger partial charge in [-0.15, -0.1) is 0 Å². The van der Waals surface area contributed by atoms with Crippen LogP contribution in [0.2, 0.25) is 0 Å². The molecule has 0 saturated carbocycles. The Labute approximate surface area is 65.6 Å². The summed E-state index contributed by atoms with van der Waals surface area (Å²) in [6.07, 6.45) is 2.14. The maximum absolute atomic E-state index is 10.9. The van der Waals surface area contributed by atoms with E-state index in [4.69, 9.17) is 4.18 Å². The Morgan fingerprint density at radius 3 is 2.50 bits per heavy atom. The van der Waals surface area contributed by atoms with Crippen molar-refractivity contribution in [3.05, 3.63) is 0 Å². The van der Waals surface area contributed by atoms with Gasteiger partial charge in [-0.05, 0) is 20.3 Å². The van der Waals surface area contributed by atoms with Crippen LogP contribution >= 0.6 is 0 Å². The molecule has 0 saturated heterocycles. The molecular weight excluding hydrogens is 148 g/mol. The minimum atomic E-state index is -1.05. The molecule has 0 spiro atoms. The summed E-state index contributed by atoms with van der Waals surface area (Å²) in [5.41, 5.74) is 0. The fourth-order valence-corrected chi connectivity index (χ4v) is 1.57. The van der Waals surface area contributed by atoms with Crippen molar-refractivity contribution in [2.24, 2.45) is 0 Å². The molecule has 0 radical (unpaired) electrons. The van der Waals surface area contributed by atoms with E-state index in [0.717, 1.165) is 12.8 Å². The van der Waals surface area contributed by atoms with Crippen molar-refractivity contribution in [2.75, 3.05) is 5.75 Å². The lowest BCUT2D eigenvalue weighted by atomic mass is 10.4. The topological polar surface area (TPSA) is 26.3 Å². The van der Waals surface area contributed by atoms with Gasteiger partial charge in [0.05, 0.1) is 6.10 Å². The molecule has 1 atom stereocenters. The van der Waals surface area contributed by atoms with Gasteiger partial charge in [-0.25, -0.2) is 4.21 Å². The molecule has 0 aromatic heterocycles. The Balaban J connectivity index is 3.26. The number of hydrogen-bond donors (Lipinski definition) is 0. The molecule has 0 amide bonds. The van der Waals surface area contributed by atoms with Crippen LogP contribution < -0.4 is 0 Å². The van der Waals surface area contributed by atoms with E-state index in [-0.39, 0.29) is 6.10 Å². The summed E-state index contributed by atoms with van der Waals surface area (Å²) in [4.78, 5) is 0. The lowest BCUT2D eigenvalue weighted by Gasteiger charge is -2.04. The van der Waals surface area contributed by atoms with Crippen LogP contribution in [0, 0.1) is 0 Å². The van der Waals surface area contributed by atoms with Crippen LogP contribution in [0.15, 0.2) is 0 Å². The monoisotopic (exact) mass is 164 g/mol. The van der Waals surface area contributed by atoms with Crippen LogP contribution in [-0.2, 0) is 15.3 Å². The van der Waals surface area contributed by atoms with E-state index in [9.17, 15) is 4.21 Å². The van der Waals surface area contributed by atoms with Crippen molar-refractivity contribution >= 4 is 11.1 Å². The van der Waals surface area contributed by atoms with Crippen LogP contribution in [0.25, 0.3) is 0 Å². The van der Waals surface area contributed by atoms with Crippen LogP contribution in [0.3, 0.4) is 0 Å². The first-order valence-electron chi connectivity index (χ1n) is 3.72. The third-order valence-electron chi connectivity index (χ3n) is 0.964. The summed E-state index contributed by atoms with van der Waals surface area (Å²) >= 11 is -1.05. The quantitative estimate of drug-likeness (QED) is 0.620. The molecule has 2 nitrogen and oxygen atoms in total. The number of rotatable bonds is 5. The highest BCUT2D eigenvalue weighted by atomic mass is 32.2. The molecule has 62 valence electrons. The largest absolute Gasteiger partial charge is 0.288 e. The first-order chi connectivity index (χ1) is 4.66. The maximum Gasteiger partial charge on any atom is 0.155 e. The Kier molecular flexibility index (Phi) is 5.93. The molecule has 0 bridgehead atoms. The Morgan fingerprint density at radius 2 is 2.10 bits per heavy atom. The third kappa shape index (κ3) is 6.23. The van der Waals surface area contributed by atoms with Gasteiger partial charge in [-0.3, -0.25) is 4.18 Å². The zero-order valence-electron chi connectivity index (χ0n) is 6.92. The fourth-order valence-electron chi connectivity index (χ4n) is 0.525. The molecule has 10 heavy (non-hydrogen) atoms. The minimum Gasteiger partial charge on any atom is -0.288 e. The first kappa shape index (κ1) is 10.1. The Morgan fingerprint density at radius 1 is 1.50 bits per heavy atom. The van der Waals surface area contributed by atoms with Gasteiger partial charge in [0.25, 0.3) is 0 Å². The third-order valence-corrected chi connectivity index (χ3v) is 2.19. The van der Waals surface area contributed by atoms with Crippen LogP contribution in [0.1, 0.15) is 33.6 Å². The highest BCUT2D eigenvalue weighted by Crippen LogP contribution is 1.97. The summed E-state index contributed by atoms with van der Waals surface area (Å²) < 4.78 is 15.9. The molecule has 0 aliphatic heterocycles. The molecule has 0 rings (SSSR count). The molecular formula is C7H16O2S. The van der Waals surface area contributed by atoms with E-state index < -0.39 is 11.1 Å². The molecule has 0 aliphatic carbocycles. The Bertz CT molecular complexity index is 102. The van der Waals surface area contributed by atoms with Gasteiger partial charge in [-0.2, -0.15) is 0 Å². The molecule has 0 aliphatic rings. The van der Waals surface area contributed by atoms with Crippen molar-refractivity contribution in [2.45, 2.75) is 39.7 Å². The van der Waals surface area contributed by atoms with Gasteiger partial charge in [0.15, 0.2) is 11.1 Å². The second-order valence-electron chi connectivity index (χ2n) is 2.51. The van der Waals surface area contributed by atoms with Crippen molar-refractivity contribution < 1.29 is 8.39 Å². The average molecular weight is 164 g/mol. The second kappa shape index (κ2) is 5.86. The molecule has 0 N–H and O–H groups in total. The van der Waals surface area contributed by atoms with Gasteiger partial charge in [0.2, 0.25) is 0 Å². The molecule has 0 heterocycles. The summed E-state index contributed by atoms with van der Waals surface area (Å²) in [5.74, 6) is 0.675. The molecule has 0 fully saturated rings. The Hall–Kier alpha value is 0.110. The van der Waals surface area contributed by atoms with Crippen molar-refractivity contribution in [3.63, 3.8) is 0 Å². The lowest BCUT2D eigenvalue weighted by Crippen LogP contribution is -2.08. The molecule has 1 unspecified atom stereocenters. The maximum atomic E-state index is 10.9. The smallest absolute Gasteiger partial charge is 0.155 e. The zero-order valence-corrected chi connectivity index (χ0v) is 7.74. The van der Waals surface area contributed by atoms with Crippen molar-refractivity contribution in [1.29, 1.82) is 0 Å². The van der Waals surface area contributed by atoms with Gasteiger partial charge < -0.3 is 0 Å². The molecule has 3 heteroatoms. The number of hydrogen-bond acceptors (Lipinski definition) is 2. The summed E-state index contributed by atoms with van der Waals surface area (Å²) in [5, 5.41) is 0. The van der Waals surface area contributed by atoms with Gasteiger partial charge in [0.1, 0.15) is 0 Å². The lowest BCUT2D eigenvalue weighted by molar-refractivity contribution is 0.269. The predicted octanol–water partition coefficient (Wildman–Crippen LogP) is 1.88. The fraction of sp³-hybridized carbons (Fsp3) is 1.00. The summed E-state index contributed by atoms with van der Waals surface area (Å²) in [7, 11) is 0. The first-order valence-corrected chi connectivity index (χ1v) is 4.96. The SMILES string of the molecule is CCCCS(=O)OC(C)C. The highest BCUT2D eigenvalue weighted by molar-refractivity contribution is 7.80. The normalized spacial score (nSPS) is 14.0.